The highest BCUT2D eigenvalue weighted by atomic mass is 127. The molecule has 1 aromatic carbocycles. The molecular formula is C15H17IN2O. The van der Waals surface area contributed by atoms with E-state index >= 15 is 0 Å². The second-order valence-electron chi connectivity index (χ2n) is 4.86. The molecule has 0 radical (unpaired) electrons. The van der Waals surface area contributed by atoms with Gasteiger partial charge in [-0.1, -0.05) is 54.6 Å². The summed E-state index contributed by atoms with van der Waals surface area (Å²) in [7, 11) is 0. The summed E-state index contributed by atoms with van der Waals surface area (Å²) in [6, 6.07) is 9.73. The average molecular weight is 368 g/mol. The number of rotatable bonds is 4. The third-order valence-electron chi connectivity index (χ3n) is 3.16. The van der Waals surface area contributed by atoms with E-state index in [-0.39, 0.29) is 11.9 Å². The van der Waals surface area contributed by atoms with Crippen molar-refractivity contribution in [3.05, 3.63) is 42.1 Å². The third-order valence-corrected chi connectivity index (χ3v) is 4.11. The summed E-state index contributed by atoms with van der Waals surface area (Å²) in [5.41, 5.74) is 1.41. The summed E-state index contributed by atoms with van der Waals surface area (Å²) < 4.78 is 0.902. The van der Waals surface area contributed by atoms with Crippen LogP contribution in [0.15, 0.2) is 36.5 Å². The van der Waals surface area contributed by atoms with Gasteiger partial charge in [-0.3, -0.25) is 9.78 Å². The van der Waals surface area contributed by atoms with Crippen LogP contribution in [-0.2, 0) is 0 Å². The Morgan fingerprint density at radius 2 is 2.05 bits per heavy atom. The minimum absolute atomic E-state index is 0.0420. The predicted octanol–water partition coefficient (Wildman–Crippen LogP) is 3.42. The number of carbonyl (C=O) groups is 1. The molecule has 2 rings (SSSR count). The fraction of sp³-hybridized carbons (Fsp3) is 0.333. The second-order valence-corrected chi connectivity index (χ2v) is 5.74. The number of benzene rings is 1. The minimum atomic E-state index is -0.0420. The first-order chi connectivity index (χ1) is 9.13. The number of aromatic nitrogens is 1. The molecule has 100 valence electrons. The van der Waals surface area contributed by atoms with Gasteiger partial charge >= 0.3 is 0 Å². The highest BCUT2D eigenvalue weighted by Crippen LogP contribution is 2.16. The fourth-order valence-corrected chi connectivity index (χ4v) is 3.15. The third kappa shape index (κ3) is 3.23. The van der Waals surface area contributed by atoms with Crippen LogP contribution in [-0.4, -0.2) is 21.4 Å². The minimum Gasteiger partial charge on any atom is -0.348 e. The normalized spacial score (nSPS) is 12.6. The van der Waals surface area contributed by atoms with Gasteiger partial charge in [0, 0.05) is 22.1 Å². The van der Waals surface area contributed by atoms with Gasteiger partial charge in [0.15, 0.2) is 0 Å². The van der Waals surface area contributed by atoms with Crippen LogP contribution in [0.4, 0.5) is 0 Å². The molecular weight excluding hydrogens is 351 g/mol. The van der Waals surface area contributed by atoms with Gasteiger partial charge in [-0.25, -0.2) is 0 Å². The molecule has 1 unspecified atom stereocenters. The van der Waals surface area contributed by atoms with Crippen LogP contribution < -0.4 is 5.32 Å². The lowest BCUT2D eigenvalue weighted by molar-refractivity contribution is 0.0933. The van der Waals surface area contributed by atoms with Crippen LogP contribution in [0.25, 0.3) is 10.9 Å². The molecule has 0 fully saturated rings. The summed E-state index contributed by atoms with van der Waals surface area (Å²) in [5.74, 6) is 0.378. The van der Waals surface area contributed by atoms with Crippen molar-refractivity contribution < 1.29 is 4.79 Å². The first-order valence-corrected chi connectivity index (χ1v) is 7.86. The molecule has 0 aliphatic heterocycles. The lowest BCUT2D eigenvalue weighted by Crippen LogP contribution is -2.39. The number of hydrogen-bond acceptors (Lipinski definition) is 2. The van der Waals surface area contributed by atoms with Crippen LogP contribution >= 0.6 is 22.6 Å². The highest BCUT2D eigenvalue weighted by Gasteiger charge is 2.17. The van der Waals surface area contributed by atoms with Crippen molar-refractivity contribution in [1.29, 1.82) is 0 Å². The molecule has 0 aliphatic rings. The van der Waals surface area contributed by atoms with Crippen molar-refractivity contribution in [2.24, 2.45) is 5.92 Å². The molecule has 0 spiro atoms. The van der Waals surface area contributed by atoms with E-state index in [4.69, 9.17) is 0 Å². The Morgan fingerprint density at radius 3 is 2.74 bits per heavy atom. The van der Waals surface area contributed by atoms with E-state index < -0.39 is 0 Å². The maximum absolute atomic E-state index is 12.4. The number of nitrogens with one attached hydrogen (secondary N) is 1. The van der Waals surface area contributed by atoms with Gasteiger partial charge < -0.3 is 5.32 Å². The Kier molecular flexibility index (Phi) is 4.74. The molecule has 1 N–H and O–H groups in total. The standard InChI is InChI=1S/C15H17IN2O/c1-10(2)13(9-16)18-15(19)12-7-3-5-11-6-4-8-17-14(11)12/h3-8,10,13H,9H2,1-2H3,(H,18,19). The molecule has 1 aromatic heterocycles. The molecule has 1 heterocycles. The second kappa shape index (κ2) is 6.32. The van der Waals surface area contributed by atoms with Crippen molar-refractivity contribution in [1.82, 2.24) is 10.3 Å². The Morgan fingerprint density at radius 1 is 1.32 bits per heavy atom. The Labute approximate surface area is 126 Å². The molecule has 4 heteroatoms. The molecule has 2 aromatic rings. The molecule has 0 bridgehead atoms. The molecule has 1 amide bonds. The predicted molar refractivity (Wildman–Crippen MR) is 86.7 cm³/mol. The Bertz CT molecular complexity index is 578. The maximum Gasteiger partial charge on any atom is 0.253 e. The molecule has 0 aliphatic carbocycles. The number of halogens is 1. The van der Waals surface area contributed by atoms with E-state index in [9.17, 15) is 4.79 Å². The van der Waals surface area contributed by atoms with E-state index in [1.165, 1.54) is 0 Å². The summed E-state index contributed by atoms with van der Waals surface area (Å²) in [6.45, 7) is 4.23. The Hall–Kier alpha value is -1.17. The molecule has 0 saturated heterocycles. The van der Waals surface area contributed by atoms with Crippen molar-refractivity contribution >= 4 is 39.4 Å². The highest BCUT2D eigenvalue weighted by molar-refractivity contribution is 14.1. The van der Waals surface area contributed by atoms with E-state index in [2.05, 4.69) is 46.7 Å². The topological polar surface area (TPSA) is 42.0 Å². The van der Waals surface area contributed by atoms with Crippen LogP contribution in [0.3, 0.4) is 0 Å². The fourth-order valence-electron chi connectivity index (χ4n) is 1.92. The summed E-state index contributed by atoms with van der Waals surface area (Å²) in [6.07, 6.45) is 1.72. The zero-order valence-corrected chi connectivity index (χ0v) is 13.2. The SMILES string of the molecule is CC(C)C(CI)NC(=O)c1cccc2cccnc12. The van der Waals surface area contributed by atoms with Crippen molar-refractivity contribution in [3.8, 4) is 0 Å². The Balaban J connectivity index is 2.31. The first kappa shape index (κ1) is 14.2. The van der Waals surface area contributed by atoms with E-state index in [1.54, 1.807) is 6.20 Å². The van der Waals surface area contributed by atoms with E-state index in [0.717, 1.165) is 15.3 Å². The molecule has 3 nitrogen and oxygen atoms in total. The van der Waals surface area contributed by atoms with Crippen LogP contribution in [0.5, 0.6) is 0 Å². The van der Waals surface area contributed by atoms with E-state index in [1.807, 2.05) is 30.3 Å². The number of fused-ring (bicyclic) bond motifs is 1. The number of pyridine rings is 1. The van der Waals surface area contributed by atoms with Gasteiger partial charge in [-0.2, -0.15) is 0 Å². The van der Waals surface area contributed by atoms with Crippen molar-refractivity contribution in [3.63, 3.8) is 0 Å². The summed E-state index contributed by atoms with van der Waals surface area (Å²) >= 11 is 2.31. The zero-order valence-electron chi connectivity index (χ0n) is 11.1. The molecule has 1 atom stereocenters. The van der Waals surface area contributed by atoms with Gasteiger partial charge in [0.2, 0.25) is 0 Å². The number of carbonyl (C=O) groups excluding carboxylic acids is 1. The molecule has 19 heavy (non-hydrogen) atoms. The van der Waals surface area contributed by atoms with Crippen LogP contribution in [0, 0.1) is 5.92 Å². The number of hydrogen-bond donors (Lipinski definition) is 1. The largest absolute Gasteiger partial charge is 0.348 e. The van der Waals surface area contributed by atoms with Gasteiger partial charge in [-0.15, -0.1) is 0 Å². The van der Waals surface area contributed by atoms with E-state index in [0.29, 0.717) is 11.5 Å². The number of alkyl halides is 1. The number of nitrogens with zero attached hydrogens (tertiary/aromatic N) is 1. The van der Waals surface area contributed by atoms with Crippen molar-refractivity contribution in [2.45, 2.75) is 19.9 Å². The molecule has 0 saturated carbocycles. The summed E-state index contributed by atoms with van der Waals surface area (Å²) in [4.78, 5) is 16.7. The van der Waals surface area contributed by atoms with Crippen molar-refractivity contribution in [2.75, 3.05) is 4.43 Å². The lowest BCUT2D eigenvalue weighted by atomic mass is 10.0. The lowest BCUT2D eigenvalue weighted by Gasteiger charge is -2.20. The van der Waals surface area contributed by atoms with Crippen LogP contribution in [0.2, 0.25) is 0 Å². The zero-order chi connectivity index (χ0) is 13.8. The van der Waals surface area contributed by atoms with Gasteiger partial charge in [0.05, 0.1) is 11.1 Å². The first-order valence-electron chi connectivity index (χ1n) is 6.34. The smallest absolute Gasteiger partial charge is 0.253 e. The number of para-hydroxylation sites is 1. The number of amides is 1. The van der Waals surface area contributed by atoms with Gasteiger partial charge in [0.1, 0.15) is 0 Å². The quantitative estimate of drug-likeness (QED) is 0.664. The van der Waals surface area contributed by atoms with Crippen LogP contribution in [0.1, 0.15) is 24.2 Å². The monoisotopic (exact) mass is 368 g/mol. The van der Waals surface area contributed by atoms with Gasteiger partial charge in [0.25, 0.3) is 5.91 Å². The maximum atomic E-state index is 12.4. The van der Waals surface area contributed by atoms with Gasteiger partial charge in [-0.05, 0) is 18.1 Å². The average Bonchev–Trinajstić information content (AvgIpc) is 2.43. The summed E-state index contributed by atoms with van der Waals surface area (Å²) in [5, 5.41) is 4.08.